The molecule has 1 heterocycles. The largest absolute Gasteiger partial charge is 0.335 e. The van der Waals surface area contributed by atoms with Crippen molar-refractivity contribution in [1.29, 1.82) is 0 Å². The van der Waals surface area contributed by atoms with Gasteiger partial charge in [-0.3, -0.25) is 9.59 Å². The fraction of sp³-hybridized carbons (Fsp3) is 0.222. The molecule has 0 N–H and O–H groups in total. The molecule has 0 radical (unpaired) electrons. The number of benzene rings is 2. The van der Waals surface area contributed by atoms with Crippen LogP contribution >= 0.6 is 34.8 Å². The lowest BCUT2D eigenvalue weighted by molar-refractivity contribution is 0.0535. The molecule has 0 bridgehead atoms. The van der Waals surface area contributed by atoms with Gasteiger partial charge in [0.25, 0.3) is 11.8 Å². The number of rotatable bonds is 2. The summed E-state index contributed by atoms with van der Waals surface area (Å²) < 4.78 is 0. The van der Waals surface area contributed by atoms with Crippen molar-refractivity contribution in [3.8, 4) is 0 Å². The van der Waals surface area contributed by atoms with Crippen molar-refractivity contribution in [3.05, 3.63) is 68.7 Å². The van der Waals surface area contributed by atoms with Crippen LogP contribution in [0.2, 0.25) is 15.1 Å². The number of nitrogens with zero attached hydrogens (tertiary/aromatic N) is 2. The molecule has 25 heavy (non-hydrogen) atoms. The van der Waals surface area contributed by atoms with Crippen LogP contribution in [0.3, 0.4) is 0 Å². The maximum Gasteiger partial charge on any atom is 0.254 e. The number of carbonyl (C=O) groups is 2. The first-order chi connectivity index (χ1) is 12.0. The third kappa shape index (κ3) is 4.09. The Bertz CT molecular complexity index is 800. The zero-order valence-electron chi connectivity index (χ0n) is 13.2. The Morgan fingerprint density at radius 2 is 1.16 bits per heavy atom. The molecular weight excluding hydrogens is 383 g/mol. The number of halogens is 3. The normalized spacial score (nSPS) is 14.5. The van der Waals surface area contributed by atoms with Gasteiger partial charge in [-0.2, -0.15) is 0 Å². The first-order valence-corrected chi connectivity index (χ1v) is 8.88. The van der Waals surface area contributed by atoms with E-state index >= 15 is 0 Å². The second kappa shape index (κ2) is 7.65. The molecular formula is C18H15Cl3N2O2. The van der Waals surface area contributed by atoms with Crippen LogP contribution in [0, 0.1) is 0 Å². The Labute approximate surface area is 160 Å². The van der Waals surface area contributed by atoms with Gasteiger partial charge >= 0.3 is 0 Å². The molecule has 2 aromatic carbocycles. The van der Waals surface area contributed by atoms with Gasteiger partial charge in [0.05, 0.1) is 10.0 Å². The lowest BCUT2D eigenvalue weighted by Crippen LogP contribution is -2.50. The molecule has 4 nitrogen and oxygen atoms in total. The Kier molecular flexibility index (Phi) is 5.52. The highest BCUT2D eigenvalue weighted by Crippen LogP contribution is 2.23. The van der Waals surface area contributed by atoms with E-state index in [4.69, 9.17) is 34.8 Å². The van der Waals surface area contributed by atoms with Gasteiger partial charge in [0.15, 0.2) is 0 Å². The van der Waals surface area contributed by atoms with E-state index in [9.17, 15) is 9.59 Å². The molecule has 2 aromatic rings. The van der Waals surface area contributed by atoms with Crippen LogP contribution in [0.15, 0.2) is 42.5 Å². The monoisotopic (exact) mass is 396 g/mol. The summed E-state index contributed by atoms with van der Waals surface area (Å²) in [4.78, 5) is 28.5. The Morgan fingerprint density at radius 3 is 1.68 bits per heavy atom. The van der Waals surface area contributed by atoms with Gasteiger partial charge < -0.3 is 9.80 Å². The van der Waals surface area contributed by atoms with Crippen molar-refractivity contribution < 1.29 is 9.59 Å². The van der Waals surface area contributed by atoms with Crippen molar-refractivity contribution in [1.82, 2.24) is 9.80 Å². The van der Waals surface area contributed by atoms with E-state index in [0.717, 1.165) is 0 Å². The lowest BCUT2D eigenvalue weighted by Gasteiger charge is -2.35. The minimum atomic E-state index is -0.114. The van der Waals surface area contributed by atoms with Gasteiger partial charge in [-0.05, 0) is 42.5 Å². The smallest absolute Gasteiger partial charge is 0.254 e. The Hall–Kier alpha value is -1.75. The minimum absolute atomic E-state index is 0.0571. The van der Waals surface area contributed by atoms with Gasteiger partial charge in [-0.1, -0.05) is 34.8 Å². The summed E-state index contributed by atoms with van der Waals surface area (Å²) in [7, 11) is 0. The standard InChI is InChI=1S/C18H15Cl3N2O2/c19-14-4-1-12(2-5-14)17(24)22-7-9-23(10-8-22)18(25)13-3-6-15(20)16(21)11-13/h1-6,11H,7-10H2. The summed E-state index contributed by atoms with van der Waals surface area (Å²) in [5, 5.41) is 1.36. The molecule has 1 aliphatic heterocycles. The first kappa shape index (κ1) is 18.1. The molecule has 0 unspecified atom stereocenters. The van der Waals surface area contributed by atoms with Crippen molar-refractivity contribution >= 4 is 46.6 Å². The Balaban J connectivity index is 1.63. The van der Waals surface area contributed by atoms with Crippen molar-refractivity contribution in [3.63, 3.8) is 0 Å². The predicted octanol–water partition coefficient (Wildman–Crippen LogP) is 4.25. The predicted molar refractivity (Wildman–Crippen MR) is 99.7 cm³/mol. The summed E-state index contributed by atoms with van der Waals surface area (Å²) in [6.07, 6.45) is 0. The second-order valence-corrected chi connectivity index (χ2v) is 6.97. The van der Waals surface area contributed by atoms with Crippen LogP contribution in [0.5, 0.6) is 0 Å². The molecule has 2 amide bonds. The number of piperazine rings is 1. The molecule has 0 spiro atoms. The van der Waals surface area contributed by atoms with E-state index in [1.807, 2.05) is 0 Å². The zero-order chi connectivity index (χ0) is 18.0. The van der Waals surface area contributed by atoms with Gasteiger partial charge in [-0.15, -0.1) is 0 Å². The van der Waals surface area contributed by atoms with E-state index in [1.165, 1.54) is 0 Å². The van der Waals surface area contributed by atoms with Crippen LogP contribution in [-0.4, -0.2) is 47.8 Å². The molecule has 0 aliphatic carbocycles. The number of carbonyl (C=O) groups excluding carboxylic acids is 2. The fourth-order valence-corrected chi connectivity index (χ4v) is 3.12. The molecule has 1 aliphatic rings. The van der Waals surface area contributed by atoms with Crippen molar-refractivity contribution in [2.75, 3.05) is 26.2 Å². The number of hydrogen-bond donors (Lipinski definition) is 0. The fourth-order valence-electron chi connectivity index (χ4n) is 2.70. The third-order valence-corrected chi connectivity index (χ3v) is 5.10. The highest BCUT2D eigenvalue weighted by molar-refractivity contribution is 6.42. The summed E-state index contributed by atoms with van der Waals surface area (Å²) >= 11 is 17.7. The zero-order valence-corrected chi connectivity index (χ0v) is 15.5. The average molecular weight is 398 g/mol. The van der Waals surface area contributed by atoms with Crippen LogP contribution in [0.4, 0.5) is 0 Å². The molecule has 1 fully saturated rings. The highest BCUT2D eigenvalue weighted by atomic mass is 35.5. The van der Waals surface area contributed by atoms with Crippen molar-refractivity contribution in [2.24, 2.45) is 0 Å². The minimum Gasteiger partial charge on any atom is -0.335 e. The van der Waals surface area contributed by atoms with E-state index in [1.54, 1.807) is 52.3 Å². The highest BCUT2D eigenvalue weighted by Gasteiger charge is 2.25. The number of amides is 2. The number of hydrogen-bond acceptors (Lipinski definition) is 2. The van der Waals surface area contributed by atoms with Crippen LogP contribution in [0.25, 0.3) is 0 Å². The SMILES string of the molecule is O=C(c1ccc(Cl)cc1)N1CCN(C(=O)c2ccc(Cl)c(Cl)c2)CC1. The van der Waals surface area contributed by atoms with E-state index < -0.39 is 0 Å². The van der Waals surface area contributed by atoms with Gasteiger partial charge in [-0.25, -0.2) is 0 Å². The maximum absolute atomic E-state index is 12.6. The summed E-state index contributed by atoms with van der Waals surface area (Å²) in [6.45, 7) is 1.90. The van der Waals surface area contributed by atoms with Crippen LogP contribution in [0.1, 0.15) is 20.7 Å². The maximum atomic E-state index is 12.6. The molecule has 0 aromatic heterocycles. The quantitative estimate of drug-likeness (QED) is 0.760. The molecule has 3 rings (SSSR count). The van der Waals surface area contributed by atoms with E-state index in [0.29, 0.717) is 52.4 Å². The molecule has 0 atom stereocenters. The topological polar surface area (TPSA) is 40.6 Å². The molecule has 130 valence electrons. The van der Waals surface area contributed by atoms with Crippen LogP contribution < -0.4 is 0 Å². The van der Waals surface area contributed by atoms with E-state index in [-0.39, 0.29) is 11.8 Å². The lowest BCUT2D eigenvalue weighted by atomic mass is 10.1. The van der Waals surface area contributed by atoms with Crippen LogP contribution in [-0.2, 0) is 0 Å². The summed E-state index contributed by atoms with van der Waals surface area (Å²) in [6, 6.07) is 11.6. The first-order valence-electron chi connectivity index (χ1n) is 7.75. The van der Waals surface area contributed by atoms with Gasteiger partial charge in [0, 0.05) is 42.3 Å². The summed E-state index contributed by atoms with van der Waals surface area (Å²) in [5.41, 5.74) is 1.08. The Morgan fingerprint density at radius 1 is 0.680 bits per heavy atom. The van der Waals surface area contributed by atoms with Gasteiger partial charge in [0.2, 0.25) is 0 Å². The second-order valence-electron chi connectivity index (χ2n) is 5.72. The van der Waals surface area contributed by atoms with Gasteiger partial charge in [0.1, 0.15) is 0 Å². The third-order valence-electron chi connectivity index (χ3n) is 4.11. The molecule has 1 saturated heterocycles. The average Bonchev–Trinajstić information content (AvgIpc) is 2.63. The van der Waals surface area contributed by atoms with Crippen molar-refractivity contribution in [2.45, 2.75) is 0 Å². The molecule has 0 saturated carbocycles. The van der Waals surface area contributed by atoms with E-state index in [2.05, 4.69) is 0 Å². The summed E-state index contributed by atoms with van der Waals surface area (Å²) in [5.74, 6) is -0.171. The molecule has 7 heteroatoms.